The first-order chi connectivity index (χ1) is 12.5. The zero-order valence-electron chi connectivity index (χ0n) is 14.5. The lowest BCUT2D eigenvalue weighted by Gasteiger charge is -2.22. The topological polar surface area (TPSA) is 40.6 Å². The first kappa shape index (κ1) is 18.0. The van der Waals surface area contributed by atoms with Gasteiger partial charge >= 0.3 is 0 Å². The summed E-state index contributed by atoms with van der Waals surface area (Å²) in [5.74, 6) is -1.06. The molecule has 1 heterocycles. The molecule has 2 aromatic carbocycles. The summed E-state index contributed by atoms with van der Waals surface area (Å²) < 4.78 is 26.4. The minimum Gasteiger partial charge on any atom is -0.337 e. The molecule has 0 aromatic heterocycles. The molecule has 0 bridgehead atoms. The number of halogens is 2. The quantitative estimate of drug-likeness (QED) is 0.827. The second-order valence-electron chi connectivity index (χ2n) is 6.41. The summed E-state index contributed by atoms with van der Waals surface area (Å²) in [6.07, 6.45) is 0.652. The van der Waals surface area contributed by atoms with E-state index in [9.17, 15) is 18.4 Å². The lowest BCUT2D eigenvalue weighted by molar-refractivity contribution is 0.0718. The van der Waals surface area contributed by atoms with Gasteiger partial charge in [0.25, 0.3) is 11.8 Å². The van der Waals surface area contributed by atoms with Crippen molar-refractivity contribution in [3.8, 4) is 0 Å². The molecular weight excluding hydrogens is 338 g/mol. The Morgan fingerprint density at radius 1 is 0.808 bits per heavy atom. The third kappa shape index (κ3) is 3.90. The maximum atomic E-state index is 13.4. The molecule has 6 heteroatoms. The van der Waals surface area contributed by atoms with Crippen LogP contribution in [0.2, 0.25) is 0 Å². The van der Waals surface area contributed by atoms with Crippen molar-refractivity contribution in [1.29, 1.82) is 0 Å². The Kier molecular flexibility index (Phi) is 5.30. The Balaban J connectivity index is 1.67. The lowest BCUT2D eigenvalue weighted by atomic mass is 10.1. The van der Waals surface area contributed by atoms with Crippen LogP contribution in [0.15, 0.2) is 42.5 Å². The second kappa shape index (κ2) is 7.64. The number of carbonyl (C=O) groups is 2. The van der Waals surface area contributed by atoms with Gasteiger partial charge in [-0.15, -0.1) is 0 Å². The molecule has 0 aliphatic carbocycles. The van der Waals surface area contributed by atoms with E-state index in [0.717, 1.165) is 0 Å². The molecule has 2 aromatic rings. The molecule has 2 amide bonds. The molecule has 26 heavy (non-hydrogen) atoms. The van der Waals surface area contributed by atoms with Gasteiger partial charge in [-0.25, -0.2) is 8.78 Å². The maximum absolute atomic E-state index is 13.4. The number of amides is 2. The number of carbonyl (C=O) groups excluding carboxylic acids is 2. The predicted molar refractivity (Wildman–Crippen MR) is 94.0 cm³/mol. The summed E-state index contributed by atoms with van der Waals surface area (Å²) in [5.41, 5.74) is 1.31. The number of aryl methyl sites for hydroxylation is 1. The minimum atomic E-state index is -0.385. The van der Waals surface area contributed by atoms with Crippen LogP contribution in [0.4, 0.5) is 8.78 Å². The largest absolute Gasteiger partial charge is 0.337 e. The fraction of sp³-hybridized carbons (Fsp3) is 0.300. The Morgan fingerprint density at radius 3 is 1.92 bits per heavy atom. The second-order valence-corrected chi connectivity index (χ2v) is 6.41. The van der Waals surface area contributed by atoms with Crippen molar-refractivity contribution < 1.29 is 18.4 Å². The number of benzene rings is 2. The summed E-state index contributed by atoms with van der Waals surface area (Å²) >= 11 is 0. The molecule has 136 valence electrons. The van der Waals surface area contributed by atoms with E-state index >= 15 is 0 Å². The average Bonchev–Trinajstić information content (AvgIpc) is 2.89. The Bertz CT molecular complexity index is 821. The van der Waals surface area contributed by atoms with Gasteiger partial charge in [0, 0.05) is 37.3 Å². The van der Waals surface area contributed by atoms with Crippen LogP contribution < -0.4 is 0 Å². The summed E-state index contributed by atoms with van der Waals surface area (Å²) in [7, 11) is 0. The highest BCUT2D eigenvalue weighted by atomic mass is 19.1. The third-order valence-corrected chi connectivity index (χ3v) is 4.57. The molecule has 1 saturated heterocycles. The third-order valence-electron chi connectivity index (χ3n) is 4.57. The van der Waals surface area contributed by atoms with Crippen LogP contribution in [0.3, 0.4) is 0 Å². The van der Waals surface area contributed by atoms with Gasteiger partial charge < -0.3 is 9.80 Å². The van der Waals surface area contributed by atoms with Crippen LogP contribution in [-0.4, -0.2) is 47.8 Å². The number of hydrogen-bond donors (Lipinski definition) is 0. The highest BCUT2D eigenvalue weighted by Crippen LogP contribution is 2.15. The molecule has 0 atom stereocenters. The van der Waals surface area contributed by atoms with Crippen LogP contribution in [-0.2, 0) is 0 Å². The lowest BCUT2D eigenvalue weighted by Crippen LogP contribution is -2.37. The molecule has 0 unspecified atom stereocenters. The summed E-state index contributed by atoms with van der Waals surface area (Å²) in [6, 6.07) is 9.78. The normalized spacial score (nSPS) is 14.9. The molecule has 1 fully saturated rings. The van der Waals surface area contributed by atoms with E-state index in [2.05, 4.69) is 0 Å². The molecule has 0 saturated carbocycles. The predicted octanol–water partition coefficient (Wildman–Crippen LogP) is 3.26. The van der Waals surface area contributed by atoms with Crippen molar-refractivity contribution in [3.63, 3.8) is 0 Å². The molecule has 3 rings (SSSR count). The van der Waals surface area contributed by atoms with Gasteiger partial charge in [0.2, 0.25) is 0 Å². The maximum Gasteiger partial charge on any atom is 0.253 e. The van der Waals surface area contributed by atoms with E-state index in [0.29, 0.717) is 49.3 Å². The van der Waals surface area contributed by atoms with Crippen molar-refractivity contribution in [2.24, 2.45) is 0 Å². The monoisotopic (exact) mass is 358 g/mol. The summed E-state index contributed by atoms with van der Waals surface area (Å²) in [4.78, 5) is 28.6. The Hall–Kier alpha value is -2.76. The van der Waals surface area contributed by atoms with Crippen molar-refractivity contribution in [2.75, 3.05) is 26.2 Å². The smallest absolute Gasteiger partial charge is 0.253 e. The van der Waals surface area contributed by atoms with Gasteiger partial charge in [-0.1, -0.05) is 0 Å². The van der Waals surface area contributed by atoms with Gasteiger partial charge in [-0.2, -0.15) is 0 Å². The molecule has 4 nitrogen and oxygen atoms in total. The van der Waals surface area contributed by atoms with Gasteiger partial charge in [-0.05, 0) is 61.4 Å². The highest BCUT2D eigenvalue weighted by molar-refractivity contribution is 5.95. The standard InChI is InChI=1S/C20H20F2N2O2/c1-14-13-16(5-8-18(14)22)20(26)24-10-2-9-23(11-12-24)19(25)15-3-6-17(21)7-4-15/h3-8,13H,2,9-12H2,1H3. The van der Waals surface area contributed by atoms with Gasteiger partial charge in [0.15, 0.2) is 0 Å². The van der Waals surface area contributed by atoms with Crippen molar-refractivity contribution in [1.82, 2.24) is 9.80 Å². The van der Waals surface area contributed by atoms with Gasteiger partial charge in [0.1, 0.15) is 11.6 Å². The fourth-order valence-electron chi connectivity index (χ4n) is 3.06. The van der Waals surface area contributed by atoms with E-state index < -0.39 is 0 Å². The minimum absolute atomic E-state index is 0.163. The first-order valence-electron chi connectivity index (χ1n) is 8.56. The number of rotatable bonds is 2. The van der Waals surface area contributed by atoms with Crippen LogP contribution >= 0.6 is 0 Å². The Labute approximate surface area is 151 Å². The van der Waals surface area contributed by atoms with E-state index in [-0.39, 0.29) is 23.4 Å². The van der Waals surface area contributed by atoms with Crippen LogP contribution in [0.5, 0.6) is 0 Å². The van der Waals surface area contributed by atoms with E-state index in [4.69, 9.17) is 0 Å². The van der Waals surface area contributed by atoms with E-state index in [1.54, 1.807) is 22.8 Å². The molecule has 0 spiro atoms. The van der Waals surface area contributed by atoms with Crippen LogP contribution in [0.25, 0.3) is 0 Å². The highest BCUT2D eigenvalue weighted by Gasteiger charge is 2.23. The zero-order chi connectivity index (χ0) is 18.7. The average molecular weight is 358 g/mol. The molecule has 1 aliphatic rings. The first-order valence-corrected chi connectivity index (χ1v) is 8.56. The molecular formula is C20H20F2N2O2. The SMILES string of the molecule is Cc1cc(C(=O)N2CCCN(C(=O)c3ccc(F)cc3)CC2)ccc1F. The van der Waals surface area contributed by atoms with Crippen molar-refractivity contribution in [2.45, 2.75) is 13.3 Å². The summed E-state index contributed by atoms with van der Waals surface area (Å²) in [6.45, 7) is 3.49. The Morgan fingerprint density at radius 2 is 1.35 bits per heavy atom. The van der Waals surface area contributed by atoms with Gasteiger partial charge in [0.05, 0.1) is 0 Å². The van der Waals surface area contributed by atoms with Crippen LogP contribution in [0, 0.1) is 18.6 Å². The summed E-state index contributed by atoms with van der Waals surface area (Å²) in [5, 5.41) is 0. The van der Waals surface area contributed by atoms with Gasteiger partial charge in [-0.3, -0.25) is 9.59 Å². The molecule has 1 aliphatic heterocycles. The fourth-order valence-corrected chi connectivity index (χ4v) is 3.06. The zero-order valence-corrected chi connectivity index (χ0v) is 14.5. The van der Waals surface area contributed by atoms with Crippen LogP contribution in [0.1, 0.15) is 32.7 Å². The van der Waals surface area contributed by atoms with Crippen molar-refractivity contribution >= 4 is 11.8 Å². The molecule has 0 radical (unpaired) electrons. The number of hydrogen-bond acceptors (Lipinski definition) is 2. The van der Waals surface area contributed by atoms with E-state index in [1.165, 1.54) is 36.4 Å². The molecule has 0 N–H and O–H groups in total. The number of nitrogens with zero attached hydrogens (tertiary/aromatic N) is 2. The van der Waals surface area contributed by atoms with Crippen molar-refractivity contribution in [3.05, 3.63) is 70.8 Å². The van der Waals surface area contributed by atoms with E-state index in [1.807, 2.05) is 0 Å².